The van der Waals surface area contributed by atoms with Crippen molar-refractivity contribution in [3.05, 3.63) is 163 Å². The van der Waals surface area contributed by atoms with E-state index in [1.807, 2.05) is 11.3 Å². The topological polar surface area (TPSA) is 4.93 Å². The standard InChI is InChI=1S/C45H31NS/c1-45(2)38-26-30(17-20-33(38)35-22-24-42-43(44(35)45)36-15-9-10-16-41(36)47-42)31-18-21-34-37-25-29(28-11-5-3-6-12-28)19-23-39(37)46(40(34)27-31)32-13-7-4-8-14-32/h3-27H,1-2H3. The first kappa shape index (κ1) is 26.7. The molecule has 1 aliphatic rings. The number of thiophene rings is 1. The Bertz CT molecular complexity index is 2690. The van der Waals surface area contributed by atoms with Crippen molar-refractivity contribution in [3.8, 4) is 39.1 Å². The lowest BCUT2D eigenvalue weighted by Crippen LogP contribution is -2.15. The molecule has 0 saturated heterocycles. The third-order valence-corrected chi connectivity index (χ3v) is 11.5. The van der Waals surface area contributed by atoms with E-state index in [1.54, 1.807) is 0 Å². The minimum absolute atomic E-state index is 0.110. The number of hydrogen-bond acceptors (Lipinski definition) is 1. The van der Waals surface area contributed by atoms with E-state index in [-0.39, 0.29) is 5.41 Å². The van der Waals surface area contributed by atoms with Gasteiger partial charge in [-0.2, -0.15) is 0 Å². The second-order valence-electron chi connectivity index (χ2n) is 13.3. The van der Waals surface area contributed by atoms with Crippen LogP contribution in [0.15, 0.2) is 152 Å². The molecule has 2 heterocycles. The van der Waals surface area contributed by atoms with Crippen LogP contribution in [0.4, 0.5) is 0 Å². The van der Waals surface area contributed by atoms with Crippen LogP contribution in [0.5, 0.6) is 0 Å². The van der Waals surface area contributed by atoms with Gasteiger partial charge in [-0.1, -0.05) is 117 Å². The van der Waals surface area contributed by atoms with Crippen LogP contribution in [0.3, 0.4) is 0 Å². The number of para-hydroxylation sites is 1. The molecule has 0 atom stereocenters. The number of hydrogen-bond donors (Lipinski definition) is 0. The summed E-state index contributed by atoms with van der Waals surface area (Å²) in [6, 6.07) is 56.1. The van der Waals surface area contributed by atoms with Gasteiger partial charge in [-0.05, 0) is 93.0 Å². The van der Waals surface area contributed by atoms with Crippen molar-refractivity contribution in [2.24, 2.45) is 0 Å². The molecule has 1 nitrogen and oxygen atoms in total. The van der Waals surface area contributed by atoms with E-state index in [1.165, 1.54) is 92.2 Å². The predicted octanol–water partition coefficient (Wildman–Crippen LogP) is 12.8. The van der Waals surface area contributed by atoms with Crippen molar-refractivity contribution in [3.63, 3.8) is 0 Å². The largest absolute Gasteiger partial charge is 0.309 e. The van der Waals surface area contributed by atoms with Crippen molar-refractivity contribution < 1.29 is 0 Å². The lowest BCUT2D eigenvalue weighted by molar-refractivity contribution is 0.667. The Labute approximate surface area is 278 Å². The molecule has 7 aromatic carbocycles. The van der Waals surface area contributed by atoms with Gasteiger partial charge in [0.15, 0.2) is 0 Å². The first-order chi connectivity index (χ1) is 23.1. The van der Waals surface area contributed by atoms with E-state index in [4.69, 9.17) is 0 Å². The van der Waals surface area contributed by atoms with E-state index in [0.29, 0.717) is 0 Å². The third-order valence-electron chi connectivity index (χ3n) is 10.4. The fraction of sp³-hybridized carbons (Fsp3) is 0.0667. The zero-order valence-electron chi connectivity index (χ0n) is 26.3. The molecule has 0 bridgehead atoms. The van der Waals surface area contributed by atoms with Crippen LogP contribution >= 0.6 is 11.3 Å². The van der Waals surface area contributed by atoms with Crippen LogP contribution in [-0.2, 0) is 5.41 Å². The molecular weight excluding hydrogens is 587 g/mol. The van der Waals surface area contributed by atoms with Gasteiger partial charge in [-0.3, -0.25) is 0 Å². The molecule has 0 N–H and O–H groups in total. The molecule has 222 valence electrons. The molecule has 0 spiro atoms. The summed E-state index contributed by atoms with van der Waals surface area (Å²) in [5, 5.41) is 5.34. The fourth-order valence-electron chi connectivity index (χ4n) is 8.17. The van der Waals surface area contributed by atoms with Gasteiger partial charge in [0.05, 0.1) is 11.0 Å². The Morgan fingerprint density at radius 3 is 2.00 bits per heavy atom. The molecule has 0 amide bonds. The van der Waals surface area contributed by atoms with E-state index < -0.39 is 0 Å². The fourth-order valence-corrected chi connectivity index (χ4v) is 9.28. The van der Waals surface area contributed by atoms with Gasteiger partial charge < -0.3 is 4.57 Å². The average Bonchev–Trinajstić information content (AvgIpc) is 3.73. The van der Waals surface area contributed by atoms with E-state index in [9.17, 15) is 0 Å². The van der Waals surface area contributed by atoms with Crippen LogP contribution < -0.4 is 0 Å². The maximum absolute atomic E-state index is 2.46. The van der Waals surface area contributed by atoms with Crippen LogP contribution in [-0.4, -0.2) is 4.57 Å². The van der Waals surface area contributed by atoms with Gasteiger partial charge >= 0.3 is 0 Å². The Kier molecular flexibility index (Phi) is 5.57. The summed E-state index contributed by atoms with van der Waals surface area (Å²) < 4.78 is 5.16. The second-order valence-corrected chi connectivity index (χ2v) is 14.4. The number of nitrogens with zero attached hydrogens (tertiary/aromatic N) is 1. The van der Waals surface area contributed by atoms with Crippen molar-refractivity contribution >= 4 is 53.3 Å². The molecule has 0 saturated carbocycles. The van der Waals surface area contributed by atoms with Crippen molar-refractivity contribution in [2.75, 3.05) is 0 Å². The molecular formula is C45H31NS. The van der Waals surface area contributed by atoms with Gasteiger partial charge in [0.1, 0.15) is 0 Å². The number of rotatable bonds is 3. The number of fused-ring (bicyclic) bond motifs is 10. The van der Waals surface area contributed by atoms with E-state index in [0.717, 1.165) is 0 Å². The van der Waals surface area contributed by atoms with Crippen molar-refractivity contribution in [1.82, 2.24) is 4.57 Å². The molecule has 10 rings (SSSR count). The smallest absolute Gasteiger partial charge is 0.0547 e. The van der Waals surface area contributed by atoms with Crippen LogP contribution in [0, 0.1) is 0 Å². The van der Waals surface area contributed by atoms with Gasteiger partial charge in [0.2, 0.25) is 0 Å². The number of aromatic nitrogens is 1. The highest BCUT2D eigenvalue weighted by molar-refractivity contribution is 7.25. The highest BCUT2D eigenvalue weighted by atomic mass is 32.1. The third kappa shape index (κ3) is 3.83. The quantitative estimate of drug-likeness (QED) is 0.186. The van der Waals surface area contributed by atoms with Gasteiger partial charge in [-0.15, -0.1) is 11.3 Å². The highest BCUT2D eigenvalue weighted by Gasteiger charge is 2.38. The molecule has 0 fully saturated rings. The van der Waals surface area contributed by atoms with Crippen molar-refractivity contribution in [2.45, 2.75) is 19.3 Å². The summed E-state index contributed by atoms with van der Waals surface area (Å²) in [5.41, 5.74) is 14.1. The summed E-state index contributed by atoms with van der Waals surface area (Å²) in [6.07, 6.45) is 0. The van der Waals surface area contributed by atoms with Crippen LogP contribution in [0.25, 0.3) is 81.0 Å². The normalized spacial score (nSPS) is 13.5. The van der Waals surface area contributed by atoms with Gasteiger partial charge in [0, 0.05) is 42.0 Å². The Balaban J connectivity index is 1.16. The van der Waals surface area contributed by atoms with Crippen LogP contribution in [0.1, 0.15) is 25.0 Å². The zero-order valence-corrected chi connectivity index (χ0v) is 27.1. The lowest BCUT2D eigenvalue weighted by atomic mass is 9.80. The minimum Gasteiger partial charge on any atom is -0.309 e. The SMILES string of the molecule is CC1(C)c2cc(-c3ccc4c5cc(-c6ccccc6)ccc5n(-c5ccccc5)c4c3)ccc2-c2ccc3sc4ccccc4c3c21. The molecule has 1 aliphatic carbocycles. The first-order valence-corrected chi connectivity index (χ1v) is 17.2. The molecule has 0 aliphatic heterocycles. The Morgan fingerprint density at radius 1 is 0.468 bits per heavy atom. The maximum Gasteiger partial charge on any atom is 0.0547 e. The molecule has 0 unspecified atom stereocenters. The summed E-state index contributed by atoms with van der Waals surface area (Å²) in [7, 11) is 0. The minimum atomic E-state index is -0.110. The Hall–Kier alpha value is -5.44. The maximum atomic E-state index is 2.46. The van der Waals surface area contributed by atoms with Gasteiger partial charge in [0.25, 0.3) is 0 Å². The Morgan fingerprint density at radius 2 is 1.15 bits per heavy atom. The van der Waals surface area contributed by atoms with E-state index >= 15 is 0 Å². The average molecular weight is 618 g/mol. The van der Waals surface area contributed by atoms with Crippen molar-refractivity contribution in [1.29, 1.82) is 0 Å². The molecule has 2 aromatic heterocycles. The van der Waals surface area contributed by atoms with Crippen LogP contribution in [0.2, 0.25) is 0 Å². The monoisotopic (exact) mass is 617 g/mol. The van der Waals surface area contributed by atoms with Gasteiger partial charge in [-0.25, -0.2) is 0 Å². The lowest BCUT2D eigenvalue weighted by Gasteiger charge is -2.23. The second kappa shape index (κ2) is 9.78. The molecule has 2 heteroatoms. The molecule has 47 heavy (non-hydrogen) atoms. The summed E-state index contributed by atoms with van der Waals surface area (Å²) in [4.78, 5) is 0. The highest BCUT2D eigenvalue weighted by Crippen LogP contribution is 2.54. The summed E-state index contributed by atoms with van der Waals surface area (Å²) in [6.45, 7) is 4.82. The number of benzene rings is 7. The van der Waals surface area contributed by atoms with E-state index in [2.05, 4.69) is 170 Å². The zero-order chi connectivity index (χ0) is 31.3. The summed E-state index contributed by atoms with van der Waals surface area (Å²) >= 11 is 1.91. The molecule has 0 radical (unpaired) electrons. The first-order valence-electron chi connectivity index (χ1n) is 16.4. The molecule has 9 aromatic rings. The summed E-state index contributed by atoms with van der Waals surface area (Å²) in [5.74, 6) is 0. The predicted molar refractivity (Wildman–Crippen MR) is 202 cm³/mol.